The van der Waals surface area contributed by atoms with Crippen molar-refractivity contribution in [2.45, 2.75) is 65.0 Å². The minimum atomic E-state index is -0.808. The number of carbonyl (C=O) groups excluding carboxylic acids is 3. The lowest BCUT2D eigenvalue weighted by Gasteiger charge is -2.46. The molecule has 10 heteroatoms. The van der Waals surface area contributed by atoms with Gasteiger partial charge in [-0.25, -0.2) is 9.78 Å². The fraction of sp³-hybridized carbons (Fsp3) is 0.636. The summed E-state index contributed by atoms with van der Waals surface area (Å²) in [5, 5.41) is 10.3. The maximum Gasteiger partial charge on any atom is 0.358 e. The van der Waals surface area contributed by atoms with Crippen LogP contribution in [0.2, 0.25) is 0 Å². The van der Waals surface area contributed by atoms with E-state index in [9.17, 15) is 19.5 Å². The molecule has 4 heterocycles. The van der Waals surface area contributed by atoms with E-state index in [0.717, 1.165) is 23.7 Å². The zero-order chi connectivity index (χ0) is 23.4. The molecular weight excluding hydrogens is 434 g/mol. The van der Waals surface area contributed by atoms with Crippen LogP contribution in [-0.4, -0.2) is 61.6 Å². The standard InChI is InChI=1S/C22H29N3O6S/c1-11-16-15(12(2)26)19(27)25(16)17(20(28)30-10-31-21(29)22(3,4)5)18(11)32-13-8-14-23-6-7-24(14)9-13/h6-7,11-13,15-16,26H,8-10H2,1-5H3. The Balaban J connectivity index is 1.53. The van der Waals surface area contributed by atoms with Gasteiger partial charge in [-0.1, -0.05) is 6.92 Å². The van der Waals surface area contributed by atoms with Crippen molar-refractivity contribution in [1.29, 1.82) is 0 Å². The van der Waals surface area contributed by atoms with Gasteiger partial charge in [0.2, 0.25) is 12.7 Å². The number of nitrogens with zero attached hydrogens (tertiary/aromatic N) is 3. The van der Waals surface area contributed by atoms with Crippen molar-refractivity contribution in [3.8, 4) is 0 Å². The summed E-state index contributed by atoms with van der Waals surface area (Å²) < 4.78 is 12.4. The van der Waals surface area contributed by atoms with Crippen LogP contribution in [0.4, 0.5) is 0 Å². The van der Waals surface area contributed by atoms with Gasteiger partial charge >= 0.3 is 11.9 Å². The van der Waals surface area contributed by atoms with Crippen molar-refractivity contribution in [3.63, 3.8) is 0 Å². The maximum absolute atomic E-state index is 13.0. The number of thioether (sulfide) groups is 1. The monoisotopic (exact) mass is 463 g/mol. The number of ether oxygens (including phenoxy) is 2. The first-order chi connectivity index (χ1) is 15.0. The van der Waals surface area contributed by atoms with Gasteiger partial charge in [0.25, 0.3) is 0 Å². The first-order valence-corrected chi connectivity index (χ1v) is 11.6. The molecule has 1 amide bonds. The summed E-state index contributed by atoms with van der Waals surface area (Å²) in [6, 6.07) is -0.289. The molecule has 1 saturated heterocycles. The average molecular weight is 464 g/mol. The Morgan fingerprint density at radius 3 is 2.69 bits per heavy atom. The molecule has 174 valence electrons. The quantitative estimate of drug-likeness (QED) is 0.386. The van der Waals surface area contributed by atoms with Crippen molar-refractivity contribution >= 4 is 29.6 Å². The van der Waals surface area contributed by atoms with E-state index in [1.165, 1.54) is 4.90 Å². The van der Waals surface area contributed by atoms with Gasteiger partial charge in [0.15, 0.2) is 0 Å². The second-order valence-electron chi connectivity index (χ2n) is 9.64. The lowest BCUT2D eigenvalue weighted by atomic mass is 9.79. The molecular formula is C22H29N3O6S. The van der Waals surface area contributed by atoms with Crippen LogP contribution in [0.1, 0.15) is 40.4 Å². The molecule has 32 heavy (non-hydrogen) atoms. The first kappa shape index (κ1) is 22.8. The minimum Gasteiger partial charge on any atom is -0.427 e. The van der Waals surface area contributed by atoms with E-state index >= 15 is 0 Å². The summed E-state index contributed by atoms with van der Waals surface area (Å²) >= 11 is 1.56. The van der Waals surface area contributed by atoms with E-state index in [1.807, 2.05) is 13.1 Å². The summed E-state index contributed by atoms with van der Waals surface area (Å²) in [5.74, 6) is -1.15. The highest BCUT2D eigenvalue weighted by Crippen LogP contribution is 2.52. The van der Waals surface area contributed by atoms with Crippen LogP contribution in [0.15, 0.2) is 23.0 Å². The number of aromatic nitrogens is 2. The molecule has 0 radical (unpaired) electrons. The molecule has 0 aliphatic carbocycles. The van der Waals surface area contributed by atoms with Crippen molar-refractivity contribution in [1.82, 2.24) is 14.5 Å². The number of carbonyl (C=O) groups is 3. The predicted octanol–water partition coefficient (Wildman–Crippen LogP) is 1.70. The predicted molar refractivity (Wildman–Crippen MR) is 116 cm³/mol. The Hall–Kier alpha value is -2.33. The number of β-lactam (4-membered cyclic amide) rings is 1. The number of aliphatic hydroxyl groups is 1. The molecule has 0 aromatic carbocycles. The number of hydrogen-bond donors (Lipinski definition) is 1. The van der Waals surface area contributed by atoms with Crippen LogP contribution < -0.4 is 0 Å². The Morgan fingerprint density at radius 2 is 2.06 bits per heavy atom. The molecule has 4 rings (SSSR count). The van der Waals surface area contributed by atoms with Crippen molar-refractivity contribution in [2.24, 2.45) is 17.3 Å². The number of amides is 1. The molecule has 5 atom stereocenters. The van der Waals surface area contributed by atoms with Gasteiger partial charge in [-0.15, -0.1) is 11.8 Å². The van der Waals surface area contributed by atoms with E-state index in [2.05, 4.69) is 9.55 Å². The SMILES string of the molecule is CC(O)C1C(=O)N2C(C(=O)OCOC(=O)C(C)(C)C)=C(SC3Cc4nccn4C3)C(C)C12. The average Bonchev–Trinajstić information content (AvgIpc) is 3.33. The van der Waals surface area contributed by atoms with Gasteiger partial charge in [-0.3, -0.25) is 9.59 Å². The molecule has 1 aromatic heterocycles. The highest BCUT2D eigenvalue weighted by Gasteiger charge is 2.60. The topological polar surface area (TPSA) is 111 Å². The van der Waals surface area contributed by atoms with E-state index in [4.69, 9.17) is 9.47 Å². The van der Waals surface area contributed by atoms with Crippen LogP contribution in [0.25, 0.3) is 0 Å². The van der Waals surface area contributed by atoms with Crippen molar-refractivity contribution < 1.29 is 29.0 Å². The normalized spacial score (nSPS) is 27.7. The Kier molecular flexibility index (Phi) is 5.87. The Morgan fingerprint density at radius 1 is 1.34 bits per heavy atom. The molecule has 0 bridgehead atoms. The number of esters is 2. The highest BCUT2D eigenvalue weighted by molar-refractivity contribution is 8.03. The zero-order valence-electron chi connectivity index (χ0n) is 18.9. The van der Waals surface area contributed by atoms with Crippen LogP contribution in [-0.2, 0) is 36.8 Å². The van der Waals surface area contributed by atoms with Gasteiger partial charge in [0.05, 0.1) is 23.5 Å². The largest absolute Gasteiger partial charge is 0.427 e. The molecule has 0 saturated carbocycles. The number of hydrogen-bond acceptors (Lipinski definition) is 8. The van der Waals surface area contributed by atoms with Crippen LogP contribution >= 0.6 is 11.8 Å². The second kappa shape index (κ2) is 8.22. The van der Waals surface area contributed by atoms with Gasteiger partial charge in [0.1, 0.15) is 11.5 Å². The van der Waals surface area contributed by atoms with E-state index in [1.54, 1.807) is 45.7 Å². The van der Waals surface area contributed by atoms with E-state index in [-0.39, 0.29) is 28.8 Å². The Bertz CT molecular complexity index is 958. The van der Waals surface area contributed by atoms with E-state index < -0.39 is 36.2 Å². The lowest BCUT2D eigenvalue weighted by Crippen LogP contribution is -2.63. The molecule has 9 nitrogen and oxygen atoms in total. The smallest absolute Gasteiger partial charge is 0.358 e. The third kappa shape index (κ3) is 3.83. The van der Waals surface area contributed by atoms with Crippen molar-refractivity contribution in [2.75, 3.05) is 6.79 Å². The van der Waals surface area contributed by atoms with Crippen LogP contribution in [0, 0.1) is 17.3 Å². The molecule has 1 N–H and O–H groups in total. The molecule has 1 aromatic rings. The molecule has 5 unspecified atom stereocenters. The van der Waals surface area contributed by atoms with E-state index in [0.29, 0.717) is 0 Å². The number of rotatable bonds is 6. The Labute approximate surface area is 191 Å². The summed E-state index contributed by atoms with van der Waals surface area (Å²) in [7, 11) is 0. The fourth-order valence-corrected chi connectivity index (χ4v) is 6.01. The fourth-order valence-electron chi connectivity index (χ4n) is 4.53. The van der Waals surface area contributed by atoms with Gasteiger partial charge in [-0.2, -0.15) is 0 Å². The van der Waals surface area contributed by atoms with Crippen molar-refractivity contribution in [3.05, 3.63) is 28.8 Å². The zero-order valence-corrected chi connectivity index (χ0v) is 19.7. The lowest BCUT2D eigenvalue weighted by molar-refractivity contribution is -0.175. The molecule has 3 aliphatic heterocycles. The summed E-state index contributed by atoms with van der Waals surface area (Å²) in [6.07, 6.45) is 3.66. The second-order valence-corrected chi connectivity index (χ2v) is 11.0. The summed E-state index contributed by atoms with van der Waals surface area (Å²) in [5.41, 5.74) is -0.518. The number of fused-ring (bicyclic) bond motifs is 2. The molecule has 3 aliphatic rings. The summed E-state index contributed by atoms with van der Waals surface area (Å²) in [4.78, 5) is 44.4. The molecule has 0 spiro atoms. The van der Waals surface area contributed by atoms with Crippen LogP contribution in [0.3, 0.4) is 0 Å². The first-order valence-electron chi connectivity index (χ1n) is 10.8. The number of aliphatic hydroxyl groups excluding tert-OH is 1. The summed E-state index contributed by atoms with van der Waals surface area (Å²) in [6.45, 7) is 8.93. The third-order valence-corrected chi connectivity index (χ3v) is 7.67. The number of imidazole rings is 1. The van der Waals surface area contributed by atoms with Gasteiger partial charge < -0.3 is 24.0 Å². The highest BCUT2D eigenvalue weighted by atomic mass is 32.2. The third-order valence-electron chi connectivity index (χ3n) is 6.20. The molecule has 1 fully saturated rings. The van der Waals surface area contributed by atoms with Crippen LogP contribution in [0.5, 0.6) is 0 Å². The van der Waals surface area contributed by atoms with Gasteiger partial charge in [-0.05, 0) is 27.7 Å². The maximum atomic E-state index is 13.0. The van der Waals surface area contributed by atoms with Gasteiger partial charge in [0, 0.05) is 41.4 Å². The minimum absolute atomic E-state index is 0.120.